The molecule has 0 bridgehead atoms. The largest absolute Gasteiger partial charge is 0.314 e. The highest BCUT2D eigenvalue weighted by Crippen LogP contribution is 2.38. The van der Waals surface area contributed by atoms with Crippen molar-refractivity contribution in [1.29, 1.82) is 0 Å². The van der Waals surface area contributed by atoms with E-state index in [9.17, 15) is 0 Å². The highest BCUT2D eigenvalue weighted by molar-refractivity contribution is 4.95. The third-order valence-corrected chi connectivity index (χ3v) is 5.93. The fourth-order valence-corrected chi connectivity index (χ4v) is 4.22. The summed E-state index contributed by atoms with van der Waals surface area (Å²) in [5, 5.41) is 3.67. The van der Waals surface area contributed by atoms with Gasteiger partial charge in [-0.2, -0.15) is 0 Å². The molecule has 0 aromatic carbocycles. The van der Waals surface area contributed by atoms with Crippen LogP contribution in [-0.4, -0.2) is 36.1 Å². The Labute approximate surface area is 114 Å². The van der Waals surface area contributed by atoms with E-state index in [1.54, 1.807) is 0 Å². The fraction of sp³-hybridized carbons (Fsp3) is 1.00. The van der Waals surface area contributed by atoms with Gasteiger partial charge in [-0.05, 0) is 50.5 Å². The zero-order chi connectivity index (χ0) is 13.3. The molecule has 6 unspecified atom stereocenters. The molecule has 1 saturated heterocycles. The lowest BCUT2D eigenvalue weighted by Crippen LogP contribution is -2.57. The van der Waals surface area contributed by atoms with Gasteiger partial charge in [0.15, 0.2) is 0 Å². The Balaban J connectivity index is 1.99. The summed E-state index contributed by atoms with van der Waals surface area (Å²) in [5.41, 5.74) is 0. The van der Waals surface area contributed by atoms with Crippen molar-refractivity contribution in [3.8, 4) is 0 Å². The molecular weight excluding hydrogens is 220 g/mol. The van der Waals surface area contributed by atoms with Crippen molar-refractivity contribution in [2.24, 2.45) is 17.8 Å². The number of nitrogens with zero attached hydrogens (tertiary/aromatic N) is 1. The van der Waals surface area contributed by atoms with E-state index in [0.29, 0.717) is 0 Å². The quantitative estimate of drug-likeness (QED) is 0.830. The van der Waals surface area contributed by atoms with E-state index in [4.69, 9.17) is 0 Å². The molecule has 2 nitrogen and oxygen atoms in total. The Morgan fingerprint density at radius 2 is 1.72 bits per heavy atom. The predicted octanol–water partition coefficient (Wildman–Crippen LogP) is 3.13. The van der Waals surface area contributed by atoms with Crippen molar-refractivity contribution in [3.05, 3.63) is 0 Å². The average Bonchev–Trinajstić information content (AvgIpc) is 2.67. The molecule has 1 heterocycles. The van der Waals surface area contributed by atoms with Crippen LogP contribution in [-0.2, 0) is 0 Å². The van der Waals surface area contributed by atoms with Gasteiger partial charge in [-0.3, -0.25) is 4.90 Å². The molecule has 2 aliphatic rings. The van der Waals surface area contributed by atoms with Gasteiger partial charge in [0.05, 0.1) is 0 Å². The molecule has 6 atom stereocenters. The summed E-state index contributed by atoms with van der Waals surface area (Å²) in [7, 11) is 0. The summed E-state index contributed by atoms with van der Waals surface area (Å²) in [5.74, 6) is 2.58. The first-order chi connectivity index (χ1) is 8.56. The molecule has 0 aromatic heterocycles. The van der Waals surface area contributed by atoms with Gasteiger partial charge >= 0.3 is 0 Å². The van der Waals surface area contributed by atoms with Crippen LogP contribution in [0.3, 0.4) is 0 Å². The molecule has 2 rings (SSSR count). The number of likely N-dealkylation sites (tertiary alicyclic amines) is 1. The van der Waals surface area contributed by atoms with Crippen LogP contribution < -0.4 is 5.32 Å². The summed E-state index contributed by atoms with van der Waals surface area (Å²) in [6, 6.07) is 2.32. The van der Waals surface area contributed by atoms with Gasteiger partial charge in [0, 0.05) is 24.7 Å². The first-order valence-corrected chi connectivity index (χ1v) is 8.05. The Kier molecular flexibility index (Phi) is 4.71. The molecule has 0 radical (unpaired) electrons. The summed E-state index contributed by atoms with van der Waals surface area (Å²) in [6.45, 7) is 14.4. The van der Waals surface area contributed by atoms with Crippen molar-refractivity contribution in [1.82, 2.24) is 10.2 Å². The summed E-state index contributed by atoms with van der Waals surface area (Å²) in [6.07, 6.45) is 4.18. The summed E-state index contributed by atoms with van der Waals surface area (Å²) < 4.78 is 0. The molecule has 1 aliphatic heterocycles. The first kappa shape index (κ1) is 14.3. The zero-order valence-corrected chi connectivity index (χ0v) is 12.9. The molecule has 0 aromatic rings. The molecule has 2 heteroatoms. The lowest BCUT2D eigenvalue weighted by Gasteiger charge is -2.47. The number of nitrogens with one attached hydrogen (secondary N) is 1. The molecule has 2 fully saturated rings. The number of hydrogen-bond donors (Lipinski definition) is 1. The summed E-state index contributed by atoms with van der Waals surface area (Å²) >= 11 is 0. The zero-order valence-electron chi connectivity index (χ0n) is 12.9. The van der Waals surface area contributed by atoms with Crippen LogP contribution in [0, 0.1) is 17.8 Å². The molecular formula is C16H32N2. The van der Waals surface area contributed by atoms with E-state index >= 15 is 0 Å². The van der Waals surface area contributed by atoms with Gasteiger partial charge in [-0.25, -0.2) is 0 Å². The molecule has 1 N–H and O–H groups in total. The van der Waals surface area contributed by atoms with E-state index in [0.717, 1.165) is 42.4 Å². The maximum Gasteiger partial charge on any atom is 0.0126 e. The first-order valence-electron chi connectivity index (χ1n) is 8.05. The topological polar surface area (TPSA) is 15.3 Å². The Morgan fingerprint density at radius 3 is 2.28 bits per heavy atom. The standard InChI is InChI=1S/C16H32N2/c1-6-17-15-9-10-18(14(5)13(15)4)16-8-7-11(2)12(16)3/h11-17H,6-10H2,1-5H3. The SMILES string of the molecule is CCNC1CCN(C2CCC(C)C2C)C(C)C1C. The van der Waals surface area contributed by atoms with Crippen LogP contribution in [0.5, 0.6) is 0 Å². The van der Waals surface area contributed by atoms with E-state index in [-0.39, 0.29) is 0 Å². The van der Waals surface area contributed by atoms with Gasteiger partial charge in [0.25, 0.3) is 0 Å². The van der Waals surface area contributed by atoms with Gasteiger partial charge in [-0.1, -0.05) is 27.7 Å². The second-order valence-corrected chi connectivity index (χ2v) is 6.77. The van der Waals surface area contributed by atoms with Crippen molar-refractivity contribution in [2.45, 2.75) is 72.0 Å². The van der Waals surface area contributed by atoms with Crippen LogP contribution in [0.1, 0.15) is 53.9 Å². The normalized spacial score (nSPS) is 46.5. The molecule has 0 spiro atoms. The van der Waals surface area contributed by atoms with E-state index in [2.05, 4.69) is 44.8 Å². The van der Waals surface area contributed by atoms with Crippen molar-refractivity contribution >= 4 is 0 Å². The van der Waals surface area contributed by atoms with Gasteiger partial charge < -0.3 is 5.32 Å². The van der Waals surface area contributed by atoms with Crippen molar-refractivity contribution in [3.63, 3.8) is 0 Å². The number of rotatable bonds is 3. The lowest BCUT2D eigenvalue weighted by molar-refractivity contribution is 0.0317. The van der Waals surface area contributed by atoms with Crippen LogP contribution in [0.2, 0.25) is 0 Å². The monoisotopic (exact) mass is 252 g/mol. The summed E-state index contributed by atoms with van der Waals surface area (Å²) in [4.78, 5) is 2.83. The third-order valence-electron chi connectivity index (χ3n) is 5.93. The minimum Gasteiger partial charge on any atom is -0.314 e. The average molecular weight is 252 g/mol. The van der Waals surface area contributed by atoms with Gasteiger partial charge in [0.2, 0.25) is 0 Å². The third kappa shape index (κ3) is 2.60. The van der Waals surface area contributed by atoms with Crippen LogP contribution in [0.15, 0.2) is 0 Å². The van der Waals surface area contributed by atoms with Crippen LogP contribution in [0.4, 0.5) is 0 Å². The van der Waals surface area contributed by atoms with Gasteiger partial charge in [-0.15, -0.1) is 0 Å². The van der Waals surface area contributed by atoms with E-state index < -0.39 is 0 Å². The highest BCUT2D eigenvalue weighted by Gasteiger charge is 2.40. The van der Waals surface area contributed by atoms with Crippen molar-refractivity contribution in [2.75, 3.05) is 13.1 Å². The maximum atomic E-state index is 3.67. The molecule has 1 aliphatic carbocycles. The second kappa shape index (κ2) is 5.92. The number of hydrogen-bond acceptors (Lipinski definition) is 2. The molecule has 106 valence electrons. The fourth-order valence-electron chi connectivity index (χ4n) is 4.22. The maximum absolute atomic E-state index is 3.67. The van der Waals surface area contributed by atoms with E-state index in [1.807, 2.05) is 0 Å². The second-order valence-electron chi connectivity index (χ2n) is 6.77. The predicted molar refractivity (Wildman–Crippen MR) is 78.8 cm³/mol. The van der Waals surface area contributed by atoms with Crippen LogP contribution >= 0.6 is 0 Å². The molecule has 0 amide bonds. The lowest BCUT2D eigenvalue weighted by atomic mass is 9.84. The molecule has 18 heavy (non-hydrogen) atoms. The van der Waals surface area contributed by atoms with Crippen molar-refractivity contribution < 1.29 is 0 Å². The Hall–Kier alpha value is -0.0800. The number of piperidine rings is 1. The van der Waals surface area contributed by atoms with Gasteiger partial charge in [0.1, 0.15) is 0 Å². The molecule has 1 saturated carbocycles. The minimum atomic E-state index is 0.732. The highest BCUT2D eigenvalue weighted by atomic mass is 15.2. The Bertz CT molecular complexity index is 266. The smallest absolute Gasteiger partial charge is 0.0126 e. The Morgan fingerprint density at radius 1 is 1.00 bits per heavy atom. The van der Waals surface area contributed by atoms with Crippen LogP contribution in [0.25, 0.3) is 0 Å². The van der Waals surface area contributed by atoms with E-state index in [1.165, 1.54) is 25.8 Å². The minimum absolute atomic E-state index is 0.732.